The van der Waals surface area contributed by atoms with Gasteiger partial charge >= 0.3 is 0 Å². The maximum atomic E-state index is 6.19. The van der Waals surface area contributed by atoms with E-state index in [2.05, 4.69) is 48.3 Å². The molecule has 112 valence electrons. The molecule has 0 fully saturated rings. The Kier molecular flexibility index (Phi) is 4.06. The fourth-order valence-corrected chi connectivity index (χ4v) is 3.04. The molecule has 2 aromatic rings. The first-order chi connectivity index (χ1) is 10.2. The number of hydrogen-bond donors (Lipinski definition) is 1. The highest BCUT2D eigenvalue weighted by molar-refractivity contribution is 5.36. The smallest absolute Gasteiger partial charge is 0.243 e. The molecule has 2 N–H and O–H groups in total. The average molecular weight is 285 g/mol. The summed E-state index contributed by atoms with van der Waals surface area (Å²) in [5, 5.41) is 4.21. The van der Waals surface area contributed by atoms with E-state index in [1.54, 1.807) is 0 Å². The third kappa shape index (κ3) is 2.72. The molecular weight excluding hydrogens is 262 g/mol. The zero-order valence-electron chi connectivity index (χ0n) is 12.7. The largest absolute Gasteiger partial charge is 0.338 e. The molecule has 0 aliphatic heterocycles. The molecule has 1 heterocycles. The molecule has 0 saturated carbocycles. The second-order valence-corrected chi connectivity index (χ2v) is 6.05. The lowest BCUT2D eigenvalue weighted by molar-refractivity contribution is 0.309. The van der Waals surface area contributed by atoms with Gasteiger partial charge in [-0.1, -0.05) is 49.7 Å². The van der Waals surface area contributed by atoms with Gasteiger partial charge in [-0.3, -0.25) is 0 Å². The van der Waals surface area contributed by atoms with Crippen molar-refractivity contribution < 1.29 is 4.52 Å². The monoisotopic (exact) mass is 285 g/mol. The van der Waals surface area contributed by atoms with Crippen LogP contribution in [0.4, 0.5) is 0 Å². The van der Waals surface area contributed by atoms with Gasteiger partial charge in [0.2, 0.25) is 5.89 Å². The van der Waals surface area contributed by atoms with Crippen LogP contribution in [0.3, 0.4) is 0 Å². The van der Waals surface area contributed by atoms with Crippen molar-refractivity contribution in [1.82, 2.24) is 10.1 Å². The Hall–Kier alpha value is -1.68. The minimum Gasteiger partial charge on any atom is -0.338 e. The Bertz CT molecular complexity index is 608. The van der Waals surface area contributed by atoms with Gasteiger partial charge in [0.1, 0.15) is 0 Å². The van der Waals surface area contributed by atoms with E-state index >= 15 is 0 Å². The molecule has 4 nitrogen and oxygen atoms in total. The topological polar surface area (TPSA) is 64.9 Å². The Labute approximate surface area is 125 Å². The van der Waals surface area contributed by atoms with Gasteiger partial charge in [-0.05, 0) is 36.3 Å². The Morgan fingerprint density at radius 1 is 1.38 bits per heavy atom. The number of benzene rings is 1. The van der Waals surface area contributed by atoms with Crippen molar-refractivity contribution >= 4 is 0 Å². The molecule has 4 heteroatoms. The first-order valence-corrected chi connectivity index (χ1v) is 7.87. The van der Waals surface area contributed by atoms with Crippen LogP contribution in [-0.2, 0) is 6.42 Å². The van der Waals surface area contributed by atoms with Gasteiger partial charge in [-0.15, -0.1) is 0 Å². The van der Waals surface area contributed by atoms with E-state index in [9.17, 15) is 0 Å². The Balaban J connectivity index is 1.88. The number of aromatic nitrogens is 2. The molecule has 3 unspecified atom stereocenters. The van der Waals surface area contributed by atoms with E-state index in [4.69, 9.17) is 10.3 Å². The summed E-state index contributed by atoms with van der Waals surface area (Å²) in [5.41, 5.74) is 8.94. The minimum absolute atomic E-state index is 0.171. The Morgan fingerprint density at radius 3 is 3.00 bits per heavy atom. The third-order valence-electron chi connectivity index (χ3n) is 4.68. The normalized spacial score (nSPS) is 20.8. The van der Waals surface area contributed by atoms with E-state index in [0.29, 0.717) is 11.8 Å². The summed E-state index contributed by atoms with van der Waals surface area (Å²) in [5.74, 6) is 1.95. The number of rotatable bonds is 4. The number of aryl methyl sites for hydroxylation is 1. The minimum atomic E-state index is -0.171. The predicted molar refractivity (Wildman–Crippen MR) is 81.9 cm³/mol. The lowest BCUT2D eigenvalue weighted by Crippen LogP contribution is -2.19. The molecule has 1 aliphatic carbocycles. The van der Waals surface area contributed by atoms with Crippen molar-refractivity contribution in [3.63, 3.8) is 0 Å². The molecule has 21 heavy (non-hydrogen) atoms. The standard InChI is InChI=1S/C17H23N3O/c1-3-11(2)15(18)17-19-16(20-21-17)14-10-6-8-12-7-4-5-9-13(12)14/h4-5,7,9,11,14-15H,3,6,8,10,18H2,1-2H3. The van der Waals surface area contributed by atoms with Crippen molar-refractivity contribution in [3.05, 3.63) is 47.1 Å². The number of fused-ring (bicyclic) bond motifs is 1. The molecule has 0 radical (unpaired) electrons. The van der Waals surface area contributed by atoms with Gasteiger partial charge in [0.25, 0.3) is 0 Å². The average Bonchev–Trinajstić information content (AvgIpc) is 3.02. The summed E-state index contributed by atoms with van der Waals surface area (Å²) in [7, 11) is 0. The van der Waals surface area contributed by atoms with Crippen LogP contribution in [0.1, 0.15) is 67.9 Å². The summed E-state index contributed by atoms with van der Waals surface area (Å²) >= 11 is 0. The summed E-state index contributed by atoms with van der Waals surface area (Å²) in [6, 6.07) is 8.40. The van der Waals surface area contributed by atoms with Crippen molar-refractivity contribution in [1.29, 1.82) is 0 Å². The van der Waals surface area contributed by atoms with Gasteiger partial charge in [-0.2, -0.15) is 4.98 Å². The zero-order chi connectivity index (χ0) is 14.8. The molecule has 0 amide bonds. The Morgan fingerprint density at radius 2 is 2.19 bits per heavy atom. The lowest BCUT2D eigenvalue weighted by Gasteiger charge is -2.22. The fraction of sp³-hybridized carbons (Fsp3) is 0.529. The van der Waals surface area contributed by atoms with Crippen LogP contribution in [0, 0.1) is 5.92 Å². The van der Waals surface area contributed by atoms with Crippen molar-refractivity contribution in [2.45, 2.75) is 51.5 Å². The first kappa shape index (κ1) is 14.3. The number of nitrogens with two attached hydrogens (primary N) is 1. The van der Waals surface area contributed by atoms with Crippen LogP contribution < -0.4 is 5.73 Å². The summed E-state index contributed by atoms with van der Waals surface area (Å²) in [4.78, 5) is 4.60. The van der Waals surface area contributed by atoms with Crippen LogP contribution in [0.2, 0.25) is 0 Å². The van der Waals surface area contributed by atoms with Gasteiger partial charge in [0.05, 0.1) is 6.04 Å². The van der Waals surface area contributed by atoms with Crippen molar-refractivity contribution in [3.8, 4) is 0 Å². The van der Waals surface area contributed by atoms with Crippen molar-refractivity contribution in [2.24, 2.45) is 11.7 Å². The molecule has 1 aliphatic rings. The molecule has 0 bridgehead atoms. The summed E-state index contributed by atoms with van der Waals surface area (Å²) in [6.45, 7) is 4.24. The highest BCUT2D eigenvalue weighted by Gasteiger charge is 2.27. The van der Waals surface area contributed by atoms with E-state index in [-0.39, 0.29) is 12.0 Å². The van der Waals surface area contributed by atoms with Gasteiger partial charge in [0, 0.05) is 5.92 Å². The zero-order valence-corrected chi connectivity index (χ0v) is 12.7. The molecule has 0 saturated heterocycles. The molecule has 0 spiro atoms. The molecule has 3 atom stereocenters. The third-order valence-corrected chi connectivity index (χ3v) is 4.68. The molecule has 1 aromatic carbocycles. The van der Waals surface area contributed by atoms with E-state index in [1.165, 1.54) is 17.5 Å². The van der Waals surface area contributed by atoms with Crippen LogP contribution >= 0.6 is 0 Å². The number of nitrogens with zero attached hydrogens (tertiary/aromatic N) is 2. The number of hydrogen-bond acceptors (Lipinski definition) is 4. The molecule has 1 aromatic heterocycles. The van der Waals surface area contributed by atoms with Gasteiger partial charge in [-0.25, -0.2) is 0 Å². The maximum Gasteiger partial charge on any atom is 0.243 e. The quantitative estimate of drug-likeness (QED) is 0.932. The molecule has 3 rings (SSSR count). The fourth-order valence-electron chi connectivity index (χ4n) is 3.04. The highest BCUT2D eigenvalue weighted by Crippen LogP contribution is 2.35. The highest BCUT2D eigenvalue weighted by atomic mass is 16.5. The second-order valence-electron chi connectivity index (χ2n) is 6.05. The second kappa shape index (κ2) is 5.98. The summed E-state index contributed by atoms with van der Waals surface area (Å²) in [6.07, 6.45) is 4.40. The first-order valence-electron chi connectivity index (χ1n) is 7.87. The van der Waals surface area contributed by atoms with Crippen LogP contribution in [0.25, 0.3) is 0 Å². The van der Waals surface area contributed by atoms with Gasteiger partial charge < -0.3 is 10.3 Å². The van der Waals surface area contributed by atoms with Crippen LogP contribution in [0.15, 0.2) is 28.8 Å². The van der Waals surface area contributed by atoms with E-state index in [1.807, 2.05) is 0 Å². The van der Waals surface area contributed by atoms with Crippen LogP contribution in [0.5, 0.6) is 0 Å². The maximum absolute atomic E-state index is 6.19. The van der Waals surface area contributed by atoms with Crippen molar-refractivity contribution in [2.75, 3.05) is 0 Å². The van der Waals surface area contributed by atoms with E-state index in [0.717, 1.165) is 25.1 Å². The predicted octanol–water partition coefficient (Wildman–Crippen LogP) is 3.58. The molecular formula is C17H23N3O. The summed E-state index contributed by atoms with van der Waals surface area (Å²) < 4.78 is 5.43. The van der Waals surface area contributed by atoms with E-state index < -0.39 is 0 Å². The lowest BCUT2D eigenvalue weighted by atomic mass is 9.82. The SMILES string of the molecule is CCC(C)C(N)c1nc(C2CCCc3ccccc32)no1. The van der Waals surface area contributed by atoms with Crippen LogP contribution in [-0.4, -0.2) is 10.1 Å². The van der Waals surface area contributed by atoms with Gasteiger partial charge in [0.15, 0.2) is 5.82 Å².